The SMILES string of the molecule is COC(=O)NC1CCN(C(=O)c2ccc(C)c(N)c2)C1. The van der Waals surface area contributed by atoms with Crippen LogP contribution in [0.25, 0.3) is 0 Å². The maximum absolute atomic E-state index is 12.3. The monoisotopic (exact) mass is 277 g/mol. The lowest BCUT2D eigenvalue weighted by atomic mass is 10.1. The summed E-state index contributed by atoms with van der Waals surface area (Å²) in [5.41, 5.74) is 7.96. The van der Waals surface area contributed by atoms with Gasteiger partial charge in [-0.1, -0.05) is 6.07 Å². The number of hydrogen-bond acceptors (Lipinski definition) is 4. The normalized spacial score (nSPS) is 17.9. The molecule has 108 valence electrons. The summed E-state index contributed by atoms with van der Waals surface area (Å²) in [6.07, 6.45) is 0.256. The van der Waals surface area contributed by atoms with Crippen LogP contribution in [0.3, 0.4) is 0 Å². The summed E-state index contributed by atoms with van der Waals surface area (Å²) in [4.78, 5) is 25.2. The molecule has 1 heterocycles. The number of likely N-dealkylation sites (tertiary alicyclic amines) is 1. The zero-order valence-electron chi connectivity index (χ0n) is 11.7. The molecule has 3 N–H and O–H groups in total. The van der Waals surface area contributed by atoms with Crippen LogP contribution in [-0.4, -0.2) is 43.1 Å². The average molecular weight is 277 g/mol. The fourth-order valence-electron chi connectivity index (χ4n) is 2.24. The van der Waals surface area contributed by atoms with E-state index in [0.29, 0.717) is 24.3 Å². The third-order valence-corrected chi connectivity index (χ3v) is 3.51. The number of amides is 2. The number of ether oxygens (including phenoxy) is 1. The van der Waals surface area contributed by atoms with Crippen molar-refractivity contribution in [3.63, 3.8) is 0 Å². The van der Waals surface area contributed by atoms with Gasteiger partial charge in [0, 0.05) is 24.3 Å². The smallest absolute Gasteiger partial charge is 0.407 e. The van der Waals surface area contributed by atoms with Gasteiger partial charge < -0.3 is 20.7 Å². The summed E-state index contributed by atoms with van der Waals surface area (Å²) in [5, 5.41) is 2.71. The van der Waals surface area contributed by atoms with Crippen molar-refractivity contribution < 1.29 is 14.3 Å². The number of nitrogens with zero attached hydrogens (tertiary/aromatic N) is 1. The molecule has 0 aliphatic carbocycles. The van der Waals surface area contributed by atoms with Crippen molar-refractivity contribution >= 4 is 17.7 Å². The molecular formula is C14H19N3O3. The van der Waals surface area contributed by atoms with Crippen molar-refractivity contribution in [3.05, 3.63) is 29.3 Å². The number of nitrogen functional groups attached to an aromatic ring is 1. The molecule has 6 heteroatoms. The zero-order valence-corrected chi connectivity index (χ0v) is 11.7. The van der Waals surface area contributed by atoms with E-state index < -0.39 is 6.09 Å². The maximum Gasteiger partial charge on any atom is 0.407 e. The number of anilines is 1. The van der Waals surface area contributed by atoms with Crippen LogP contribution in [0.5, 0.6) is 0 Å². The van der Waals surface area contributed by atoms with Gasteiger partial charge in [-0.3, -0.25) is 4.79 Å². The minimum Gasteiger partial charge on any atom is -0.453 e. The van der Waals surface area contributed by atoms with E-state index in [9.17, 15) is 9.59 Å². The highest BCUT2D eigenvalue weighted by Crippen LogP contribution is 2.17. The fraction of sp³-hybridized carbons (Fsp3) is 0.429. The zero-order chi connectivity index (χ0) is 14.7. The minimum absolute atomic E-state index is 0.0609. The Kier molecular flexibility index (Phi) is 4.12. The summed E-state index contributed by atoms with van der Waals surface area (Å²) in [5.74, 6) is -0.0640. The molecule has 1 aromatic rings. The standard InChI is InChI=1S/C14H19N3O3/c1-9-3-4-10(7-12(9)15)13(18)17-6-5-11(8-17)16-14(19)20-2/h3-4,7,11H,5-6,8,15H2,1-2H3,(H,16,19). The van der Waals surface area contributed by atoms with Gasteiger partial charge in [0.1, 0.15) is 0 Å². The summed E-state index contributed by atoms with van der Waals surface area (Å²) in [6.45, 7) is 3.00. The number of aryl methyl sites for hydroxylation is 1. The van der Waals surface area contributed by atoms with Crippen LogP contribution in [0.15, 0.2) is 18.2 Å². The summed E-state index contributed by atoms with van der Waals surface area (Å²) < 4.78 is 4.55. The van der Waals surface area contributed by atoms with E-state index in [1.807, 2.05) is 13.0 Å². The number of rotatable bonds is 2. The lowest BCUT2D eigenvalue weighted by molar-refractivity contribution is 0.0788. The second-order valence-electron chi connectivity index (χ2n) is 4.94. The largest absolute Gasteiger partial charge is 0.453 e. The predicted molar refractivity (Wildman–Crippen MR) is 75.4 cm³/mol. The first-order chi connectivity index (χ1) is 9.51. The Hall–Kier alpha value is -2.24. The maximum atomic E-state index is 12.3. The van der Waals surface area contributed by atoms with Crippen LogP contribution in [-0.2, 0) is 4.74 Å². The van der Waals surface area contributed by atoms with E-state index in [2.05, 4.69) is 10.1 Å². The van der Waals surface area contributed by atoms with Crippen molar-refractivity contribution in [2.45, 2.75) is 19.4 Å². The Morgan fingerprint density at radius 2 is 2.20 bits per heavy atom. The molecule has 0 aromatic heterocycles. The number of carbonyl (C=O) groups excluding carboxylic acids is 2. The first-order valence-electron chi connectivity index (χ1n) is 6.51. The third-order valence-electron chi connectivity index (χ3n) is 3.51. The molecule has 1 atom stereocenters. The number of methoxy groups -OCH3 is 1. The van der Waals surface area contributed by atoms with Gasteiger partial charge in [0.15, 0.2) is 0 Å². The van der Waals surface area contributed by atoms with E-state index in [4.69, 9.17) is 5.73 Å². The Morgan fingerprint density at radius 1 is 1.45 bits per heavy atom. The molecule has 2 rings (SSSR count). The highest BCUT2D eigenvalue weighted by Gasteiger charge is 2.28. The van der Waals surface area contributed by atoms with Crippen molar-refractivity contribution in [1.29, 1.82) is 0 Å². The van der Waals surface area contributed by atoms with E-state index in [1.165, 1.54) is 7.11 Å². The molecule has 1 aromatic carbocycles. The first-order valence-corrected chi connectivity index (χ1v) is 6.51. The quantitative estimate of drug-likeness (QED) is 0.794. The van der Waals surface area contributed by atoms with Crippen LogP contribution < -0.4 is 11.1 Å². The molecule has 1 aliphatic rings. The summed E-state index contributed by atoms with van der Waals surface area (Å²) >= 11 is 0. The van der Waals surface area contributed by atoms with E-state index in [0.717, 1.165) is 12.0 Å². The van der Waals surface area contributed by atoms with Crippen LogP contribution in [0, 0.1) is 6.92 Å². The molecule has 0 radical (unpaired) electrons. The van der Waals surface area contributed by atoms with Crippen molar-refractivity contribution in [1.82, 2.24) is 10.2 Å². The Morgan fingerprint density at radius 3 is 2.85 bits per heavy atom. The molecule has 20 heavy (non-hydrogen) atoms. The molecule has 0 spiro atoms. The molecule has 6 nitrogen and oxygen atoms in total. The molecule has 1 aliphatic heterocycles. The van der Waals surface area contributed by atoms with E-state index in [-0.39, 0.29) is 11.9 Å². The predicted octanol–water partition coefficient (Wildman–Crippen LogP) is 1.15. The van der Waals surface area contributed by atoms with Crippen LogP contribution in [0.2, 0.25) is 0 Å². The van der Waals surface area contributed by atoms with Crippen LogP contribution in [0.1, 0.15) is 22.3 Å². The van der Waals surface area contributed by atoms with Crippen LogP contribution in [0.4, 0.5) is 10.5 Å². The van der Waals surface area contributed by atoms with Gasteiger partial charge in [-0.2, -0.15) is 0 Å². The fourth-order valence-corrected chi connectivity index (χ4v) is 2.24. The van der Waals surface area contributed by atoms with Gasteiger partial charge in [-0.05, 0) is 31.0 Å². The number of alkyl carbamates (subject to hydrolysis) is 1. The molecule has 1 unspecified atom stereocenters. The number of hydrogen-bond donors (Lipinski definition) is 2. The van der Waals surface area contributed by atoms with E-state index in [1.54, 1.807) is 17.0 Å². The average Bonchev–Trinajstić information content (AvgIpc) is 2.89. The van der Waals surface area contributed by atoms with Gasteiger partial charge >= 0.3 is 6.09 Å². The molecule has 2 amide bonds. The Bertz CT molecular complexity index is 530. The molecule has 0 saturated carbocycles. The van der Waals surface area contributed by atoms with Crippen molar-refractivity contribution in [3.8, 4) is 0 Å². The van der Waals surface area contributed by atoms with E-state index >= 15 is 0 Å². The van der Waals surface area contributed by atoms with Gasteiger partial charge in [-0.25, -0.2) is 4.79 Å². The number of benzene rings is 1. The highest BCUT2D eigenvalue weighted by atomic mass is 16.5. The van der Waals surface area contributed by atoms with Gasteiger partial charge in [0.25, 0.3) is 5.91 Å². The molecular weight excluding hydrogens is 258 g/mol. The Labute approximate surface area is 117 Å². The lowest BCUT2D eigenvalue weighted by Gasteiger charge is -2.17. The summed E-state index contributed by atoms with van der Waals surface area (Å²) in [7, 11) is 1.32. The second kappa shape index (κ2) is 5.81. The van der Waals surface area contributed by atoms with Gasteiger partial charge in [0.05, 0.1) is 13.2 Å². The highest BCUT2D eigenvalue weighted by molar-refractivity contribution is 5.95. The third kappa shape index (κ3) is 3.01. The summed E-state index contributed by atoms with van der Waals surface area (Å²) in [6, 6.07) is 5.24. The molecule has 0 bridgehead atoms. The lowest BCUT2D eigenvalue weighted by Crippen LogP contribution is -2.38. The van der Waals surface area contributed by atoms with Crippen LogP contribution >= 0.6 is 0 Å². The van der Waals surface area contributed by atoms with Gasteiger partial charge in [-0.15, -0.1) is 0 Å². The second-order valence-corrected chi connectivity index (χ2v) is 4.94. The number of carbonyl (C=O) groups is 2. The molecule has 1 fully saturated rings. The topological polar surface area (TPSA) is 84.7 Å². The molecule has 1 saturated heterocycles. The minimum atomic E-state index is -0.469. The number of nitrogens with two attached hydrogens (primary N) is 1. The first kappa shape index (κ1) is 14.2. The van der Waals surface area contributed by atoms with Crippen molar-refractivity contribution in [2.75, 3.05) is 25.9 Å². The number of nitrogens with one attached hydrogen (secondary N) is 1. The Balaban J connectivity index is 2.00. The van der Waals surface area contributed by atoms with Gasteiger partial charge in [0.2, 0.25) is 0 Å². The van der Waals surface area contributed by atoms with Crippen molar-refractivity contribution in [2.24, 2.45) is 0 Å².